The first-order valence-electron chi connectivity index (χ1n) is 8.69. The Morgan fingerprint density at radius 2 is 1.89 bits per heavy atom. The van der Waals surface area contributed by atoms with E-state index >= 15 is 0 Å². The van der Waals surface area contributed by atoms with Crippen molar-refractivity contribution in [1.82, 2.24) is 15.0 Å². The summed E-state index contributed by atoms with van der Waals surface area (Å²) in [5, 5.41) is 2.95. The Balaban J connectivity index is 1.68. The van der Waals surface area contributed by atoms with E-state index in [9.17, 15) is 4.79 Å². The Bertz CT molecular complexity index is 1070. The molecule has 0 aliphatic carbocycles. The van der Waals surface area contributed by atoms with Gasteiger partial charge < -0.3 is 15.0 Å². The molecular weight excluding hydrogens is 340 g/mol. The highest BCUT2D eigenvalue weighted by Gasteiger charge is 2.16. The zero-order valence-electron chi connectivity index (χ0n) is 14.8. The van der Waals surface area contributed by atoms with E-state index in [2.05, 4.69) is 20.3 Å². The van der Waals surface area contributed by atoms with Crippen LogP contribution in [-0.4, -0.2) is 27.5 Å². The molecule has 0 radical (unpaired) electrons. The number of hydrogen-bond donors (Lipinski definition) is 2. The largest absolute Gasteiger partial charge is 0.477 e. The van der Waals surface area contributed by atoms with Gasteiger partial charge in [0.15, 0.2) is 0 Å². The van der Waals surface area contributed by atoms with Crippen LogP contribution in [0.15, 0.2) is 66.9 Å². The van der Waals surface area contributed by atoms with Crippen molar-refractivity contribution in [3.05, 3.63) is 72.4 Å². The molecule has 2 heterocycles. The number of carbonyl (C=O) groups excluding carboxylic acids is 1. The maximum atomic E-state index is 12.8. The SMILES string of the molecule is CCOc1ncccc1C(=O)Nc1ccccc1-c1nc2ccccc2[nH]1. The molecular formula is C21H18N4O2. The fourth-order valence-electron chi connectivity index (χ4n) is 2.88. The number of benzene rings is 2. The number of hydrogen-bond acceptors (Lipinski definition) is 4. The van der Waals surface area contributed by atoms with Crippen LogP contribution in [0.25, 0.3) is 22.4 Å². The monoisotopic (exact) mass is 358 g/mol. The molecule has 0 aliphatic rings. The number of nitrogens with one attached hydrogen (secondary N) is 2. The molecule has 4 aromatic rings. The van der Waals surface area contributed by atoms with Crippen molar-refractivity contribution in [2.45, 2.75) is 6.92 Å². The number of amides is 1. The van der Waals surface area contributed by atoms with Gasteiger partial charge in [-0.05, 0) is 43.3 Å². The number of aromatic nitrogens is 3. The highest BCUT2D eigenvalue weighted by molar-refractivity contribution is 6.07. The zero-order chi connectivity index (χ0) is 18.6. The molecule has 0 atom stereocenters. The lowest BCUT2D eigenvalue weighted by Gasteiger charge is -2.11. The van der Waals surface area contributed by atoms with E-state index in [1.807, 2.05) is 55.5 Å². The molecule has 0 saturated carbocycles. The fraction of sp³-hybridized carbons (Fsp3) is 0.0952. The molecule has 1 amide bonds. The van der Waals surface area contributed by atoms with E-state index in [-0.39, 0.29) is 5.91 Å². The van der Waals surface area contributed by atoms with E-state index < -0.39 is 0 Å². The van der Waals surface area contributed by atoms with E-state index in [0.717, 1.165) is 16.6 Å². The summed E-state index contributed by atoms with van der Waals surface area (Å²) in [5.41, 5.74) is 3.68. The molecule has 6 nitrogen and oxygen atoms in total. The number of para-hydroxylation sites is 3. The van der Waals surface area contributed by atoms with Gasteiger partial charge in [-0.1, -0.05) is 24.3 Å². The van der Waals surface area contributed by atoms with Crippen LogP contribution in [-0.2, 0) is 0 Å². The van der Waals surface area contributed by atoms with E-state index in [4.69, 9.17) is 4.74 Å². The molecule has 27 heavy (non-hydrogen) atoms. The predicted octanol–water partition coefficient (Wildman–Crippen LogP) is 4.28. The van der Waals surface area contributed by atoms with E-state index in [1.54, 1.807) is 18.3 Å². The summed E-state index contributed by atoms with van der Waals surface area (Å²) in [6.45, 7) is 2.29. The predicted molar refractivity (Wildman–Crippen MR) is 105 cm³/mol. The Morgan fingerprint density at radius 3 is 2.74 bits per heavy atom. The Hall–Kier alpha value is -3.67. The molecule has 0 saturated heterocycles. The summed E-state index contributed by atoms with van der Waals surface area (Å²) in [4.78, 5) is 24.9. The number of anilines is 1. The van der Waals surface area contributed by atoms with Crippen LogP contribution in [0.5, 0.6) is 5.88 Å². The van der Waals surface area contributed by atoms with Crippen LogP contribution < -0.4 is 10.1 Å². The van der Waals surface area contributed by atoms with E-state index in [1.165, 1.54) is 0 Å². The minimum Gasteiger partial charge on any atom is -0.477 e. The Kier molecular flexibility index (Phi) is 4.53. The lowest BCUT2D eigenvalue weighted by molar-refractivity contribution is 0.102. The third-order valence-electron chi connectivity index (χ3n) is 4.12. The zero-order valence-corrected chi connectivity index (χ0v) is 14.8. The molecule has 2 aromatic heterocycles. The van der Waals surface area contributed by atoms with Crippen molar-refractivity contribution in [1.29, 1.82) is 0 Å². The molecule has 0 bridgehead atoms. The number of carbonyl (C=O) groups is 1. The van der Waals surface area contributed by atoms with Crippen LogP contribution >= 0.6 is 0 Å². The van der Waals surface area contributed by atoms with Gasteiger partial charge in [0.05, 0.1) is 23.3 Å². The second-order valence-electron chi connectivity index (χ2n) is 5.89. The number of H-pyrrole nitrogens is 1. The van der Waals surface area contributed by atoms with Crippen molar-refractivity contribution in [2.75, 3.05) is 11.9 Å². The van der Waals surface area contributed by atoms with Crippen LogP contribution in [0.2, 0.25) is 0 Å². The van der Waals surface area contributed by atoms with Crippen LogP contribution in [0.4, 0.5) is 5.69 Å². The second-order valence-corrected chi connectivity index (χ2v) is 5.89. The number of pyridine rings is 1. The first-order chi connectivity index (χ1) is 13.3. The van der Waals surface area contributed by atoms with Gasteiger partial charge in [0, 0.05) is 11.8 Å². The average molecular weight is 358 g/mol. The third-order valence-corrected chi connectivity index (χ3v) is 4.12. The molecule has 2 N–H and O–H groups in total. The minimum absolute atomic E-state index is 0.282. The van der Waals surface area contributed by atoms with Crippen molar-refractivity contribution >= 4 is 22.6 Å². The first kappa shape index (κ1) is 16.8. The molecule has 0 fully saturated rings. The minimum atomic E-state index is -0.282. The van der Waals surface area contributed by atoms with Gasteiger partial charge in [0.2, 0.25) is 5.88 Å². The maximum Gasteiger partial charge on any atom is 0.261 e. The van der Waals surface area contributed by atoms with E-state index in [0.29, 0.717) is 29.6 Å². The summed E-state index contributed by atoms with van der Waals surface area (Å²) >= 11 is 0. The van der Waals surface area contributed by atoms with Crippen molar-refractivity contribution in [3.8, 4) is 17.3 Å². The standard InChI is InChI=1S/C21H18N4O2/c1-2-27-21-15(9-7-13-22-21)20(26)25-16-10-4-3-8-14(16)19-23-17-11-5-6-12-18(17)24-19/h3-13H,2H2,1H3,(H,23,24)(H,25,26). The second kappa shape index (κ2) is 7.29. The number of ether oxygens (including phenoxy) is 1. The van der Waals surface area contributed by atoms with Gasteiger partial charge in [-0.3, -0.25) is 4.79 Å². The molecule has 0 aliphatic heterocycles. The molecule has 0 unspecified atom stereocenters. The maximum absolute atomic E-state index is 12.8. The number of fused-ring (bicyclic) bond motifs is 1. The van der Waals surface area contributed by atoms with Gasteiger partial charge in [0.25, 0.3) is 5.91 Å². The summed E-state index contributed by atoms with van der Waals surface area (Å²) in [6, 6.07) is 18.8. The Labute approximate surface area is 156 Å². The summed E-state index contributed by atoms with van der Waals surface area (Å²) in [6.07, 6.45) is 1.60. The first-order valence-corrected chi connectivity index (χ1v) is 8.69. The van der Waals surface area contributed by atoms with Crippen LogP contribution in [0.3, 0.4) is 0 Å². The summed E-state index contributed by atoms with van der Waals surface area (Å²) in [5.74, 6) is 0.733. The molecule has 2 aromatic carbocycles. The van der Waals surface area contributed by atoms with Crippen molar-refractivity contribution < 1.29 is 9.53 Å². The fourth-order valence-corrected chi connectivity index (χ4v) is 2.88. The van der Waals surface area contributed by atoms with Crippen molar-refractivity contribution in [2.24, 2.45) is 0 Å². The number of nitrogens with zero attached hydrogens (tertiary/aromatic N) is 2. The summed E-state index contributed by atoms with van der Waals surface area (Å²) in [7, 11) is 0. The van der Waals surface area contributed by atoms with Gasteiger partial charge in [0.1, 0.15) is 11.4 Å². The third kappa shape index (κ3) is 3.37. The highest BCUT2D eigenvalue weighted by atomic mass is 16.5. The average Bonchev–Trinajstić information content (AvgIpc) is 3.13. The Morgan fingerprint density at radius 1 is 1.07 bits per heavy atom. The van der Waals surface area contributed by atoms with Crippen LogP contribution in [0.1, 0.15) is 17.3 Å². The number of aromatic amines is 1. The molecule has 0 spiro atoms. The lowest BCUT2D eigenvalue weighted by atomic mass is 10.1. The number of rotatable bonds is 5. The lowest BCUT2D eigenvalue weighted by Crippen LogP contribution is -2.15. The van der Waals surface area contributed by atoms with Crippen molar-refractivity contribution in [3.63, 3.8) is 0 Å². The quantitative estimate of drug-likeness (QED) is 0.558. The molecule has 4 rings (SSSR count). The van der Waals surface area contributed by atoms with Gasteiger partial charge >= 0.3 is 0 Å². The molecule has 6 heteroatoms. The summed E-state index contributed by atoms with van der Waals surface area (Å²) < 4.78 is 5.46. The molecule has 134 valence electrons. The topological polar surface area (TPSA) is 79.9 Å². The number of imidazole rings is 1. The smallest absolute Gasteiger partial charge is 0.261 e. The van der Waals surface area contributed by atoms with Crippen LogP contribution in [0, 0.1) is 0 Å². The van der Waals surface area contributed by atoms with Gasteiger partial charge in [-0.15, -0.1) is 0 Å². The van der Waals surface area contributed by atoms with Gasteiger partial charge in [-0.2, -0.15) is 0 Å². The highest BCUT2D eigenvalue weighted by Crippen LogP contribution is 2.28. The van der Waals surface area contributed by atoms with Gasteiger partial charge in [-0.25, -0.2) is 9.97 Å². The normalized spacial score (nSPS) is 10.7.